The summed E-state index contributed by atoms with van der Waals surface area (Å²) in [6.07, 6.45) is 2.25. The van der Waals surface area contributed by atoms with Crippen molar-refractivity contribution in [2.75, 3.05) is 13.2 Å². The van der Waals surface area contributed by atoms with Gasteiger partial charge in [-0.1, -0.05) is 6.07 Å². The molecule has 120 valence electrons. The lowest BCUT2D eigenvalue weighted by molar-refractivity contribution is 0.0939. The molecule has 0 fully saturated rings. The van der Waals surface area contributed by atoms with Crippen molar-refractivity contribution in [1.82, 2.24) is 10.3 Å². The van der Waals surface area contributed by atoms with Crippen LogP contribution in [0.2, 0.25) is 0 Å². The Morgan fingerprint density at radius 3 is 2.70 bits per heavy atom. The molecule has 1 aliphatic heterocycles. The molecule has 6 heteroatoms. The van der Waals surface area contributed by atoms with Gasteiger partial charge in [-0.3, -0.25) is 9.59 Å². The Balaban J connectivity index is 1.74. The molecule has 0 radical (unpaired) electrons. The number of rotatable bonds is 3. The normalized spacial score (nSPS) is 14.7. The second kappa shape index (κ2) is 6.56. The molecule has 0 saturated carbocycles. The first-order valence-corrected chi connectivity index (χ1v) is 7.52. The molecule has 1 aromatic carbocycles. The lowest BCUT2D eigenvalue weighted by atomic mass is 10.1. The number of aromatic amines is 1. The van der Waals surface area contributed by atoms with Crippen LogP contribution in [0.1, 0.15) is 35.3 Å². The average molecular weight is 314 g/mol. The molecule has 0 aliphatic carbocycles. The molecule has 6 nitrogen and oxygen atoms in total. The van der Waals surface area contributed by atoms with E-state index >= 15 is 0 Å². The highest BCUT2D eigenvalue weighted by molar-refractivity contribution is 5.94. The van der Waals surface area contributed by atoms with Crippen LogP contribution in [-0.2, 0) is 0 Å². The van der Waals surface area contributed by atoms with Crippen LogP contribution in [0.4, 0.5) is 0 Å². The largest absolute Gasteiger partial charge is 0.490 e. The topological polar surface area (TPSA) is 80.4 Å². The number of H-pyrrole nitrogens is 1. The highest BCUT2D eigenvalue weighted by atomic mass is 16.5. The smallest absolute Gasteiger partial charge is 0.253 e. The van der Waals surface area contributed by atoms with Crippen molar-refractivity contribution in [1.29, 1.82) is 0 Å². The number of nitrogens with one attached hydrogen (secondary N) is 2. The number of benzene rings is 1. The minimum atomic E-state index is -0.249. The molecule has 0 unspecified atom stereocenters. The predicted molar refractivity (Wildman–Crippen MR) is 85.0 cm³/mol. The molecule has 1 aromatic heterocycles. The monoisotopic (exact) mass is 314 g/mol. The van der Waals surface area contributed by atoms with E-state index in [1.165, 1.54) is 18.3 Å². The van der Waals surface area contributed by atoms with E-state index in [4.69, 9.17) is 9.47 Å². The summed E-state index contributed by atoms with van der Waals surface area (Å²) in [7, 11) is 0. The van der Waals surface area contributed by atoms with E-state index < -0.39 is 0 Å². The summed E-state index contributed by atoms with van der Waals surface area (Å²) in [5.74, 6) is 1.18. The molecule has 2 N–H and O–H groups in total. The highest BCUT2D eigenvalue weighted by Gasteiger charge is 2.16. The molecule has 0 spiro atoms. The van der Waals surface area contributed by atoms with Crippen LogP contribution in [0.3, 0.4) is 0 Å². The van der Waals surface area contributed by atoms with Crippen molar-refractivity contribution in [3.63, 3.8) is 0 Å². The van der Waals surface area contributed by atoms with Crippen LogP contribution in [0, 0.1) is 0 Å². The zero-order valence-corrected chi connectivity index (χ0v) is 12.8. The third kappa shape index (κ3) is 3.53. The average Bonchev–Trinajstić information content (AvgIpc) is 2.79. The third-order valence-corrected chi connectivity index (χ3v) is 3.67. The minimum absolute atomic E-state index is 0.202. The van der Waals surface area contributed by atoms with Gasteiger partial charge in [0, 0.05) is 18.7 Å². The number of pyridine rings is 1. The van der Waals surface area contributed by atoms with Crippen molar-refractivity contribution in [3.8, 4) is 11.5 Å². The quantitative estimate of drug-likeness (QED) is 0.908. The predicted octanol–water partition coefficient (Wildman–Crippen LogP) is 2.03. The molecule has 1 amide bonds. The number of carbonyl (C=O) groups is 1. The molecule has 3 rings (SSSR count). The van der Waals surface area contributed by atoms with Gasteiger partial charge in [-0.25, -0.2) is 0 Å². The minimum Gasteiger partial charge on any atom is -0.490 e. The molecular formula is C17H18N2O4. The highest BCUT2D eigenvalue weighted by Crippen LogP contribution is 2.32. The summed E-state index contributed by atoms with van der Waals surface area (Å²) in [6, 6.07) is 8.27. The Hall–Kier alpha value is -2.76. The Bertz CT molecular complexity index is 749. The van der Waals surface area contributed by atoms with Gasteiger partial charge in [-0.15, -0.1) is 0 Å². The second-order valence-electron chi connectivity index (χ2n) is 5.39. The summed E-state index contributed by atoms with van der Waals surface area (Å²) in [4.78, 5) is 25.7. The summed E-state index contributed by atoms with van der Waals surface area (Å²) in [5, 5.41) is 2.90. The van der Waals surface area contributed by atoms with E-state index in [2.05, 4.69) is 10.3 Å². The fraction of sp³-hybridized carbons (Fsp3) is 0.294. The van der Waals surface area contributed by atoms with Gasteiger partial charge in [-0.05, 0) is 30.7 Å². The Kier molecular flexibility index (Phi) is 4.32. The van der Waals surface area contributed by atoms with E-state index in [9.17, 15) is 9.59 Å². The third-order valence-electron chi connectivity index (χ3n) is 3.67. The number of aromatic nitrogens is 1. The first-order chi connectivity index (χ1) is 11.1. The van der Waals surface area contributed by atoms with E-state index in [1.54, 1.807) is 0 Å². The van der Waals surface area contributed by atoms with Crippen LogP contribution in [0.15, 0.2) is 41.3 Å². The molecule has 1 atom stereocenters. The Morgan fingerprint density at radius 1 is 1.17 bits per heavy atom. The van der Waals surface area contributed by atoms with Crippen molar-refractivity contribution < 1.29 is 14.3 Å². The van der Waals surface area contributed by atoms with E-state index in [1.807, 2.05) is 25.1 Å². The molecule has 0 saturated heterocycles. The number of carbonyl (C=O) groups excluding carboxylic acids is 1. The molecule has 1 aliphatic rings. The van der Waals surface area contributed by atoms with Gasteiger partial charge in [0.15, 0.2) is 11.5 Å². The van der Waals surface area contributed by atoms with Crippen molar-refractivity contribution in [3.05, 3.63) is 58.0 Å². The number of hydrogen-bond acceptors (Lipinski definition) is 4. The number of hydrogen-bond donors (Lipinski definition) is 2. The summed E-state index contributed by atoms with van der Waals surface area (Å²) < 4.78 is 11.3. The van der Waals surface area contributed by atoms with E-state index in [0.717, 1.165) is 17.7 Å². The van der Waals surface area contributed by atoms with Crippen LogP contribution in [0.25, 0.3) is 0 Å². The lowest BCUT2D eigenvalue weighted by Gasteiger charge is -2.16. The van der Waals surface area contributed by atoms with Gasteiger partial charge in [0.2, 0.25) is 5.56 Å². The maximum Gasteiger partial charge on any atom is 0.253 e. The van der Waals surface area contributed by atoms with E-state index in [0.29, 0.717) is 24.5 Å². The maximum absolute atomic E-state index is 12.2. The van der Waals surface area contributed by atoms with Crippen molar-refractivity contribution in [2.24, 2.45) is 0 Å². The van der Waals surface area contributed by atoms with Crippen molar-refractivity contribution >= 4 is 5.91 Å². The Labute approximate surface area is 133 Å². The number of fused-ring (bicyclic) bond motifs is 1. The van der Waals surface area contributed by atoms with Gasteiger partial charge in [0.05, 0.1) is 24.8 Å². The van der Waals surface area contributed by atoms with Gasteiger partial charge in [0.1, 0.15) is 0 Å². The van der Waals surface area contributed by atoms with Crippen LogP contribution >= 0.6 is 0 Å². The van der Waals surface area contributed by atoms with Crippen LogP contribution < -0.4 is 20.3 Å². The molecule has 2 heterocycles. The summed E-state index contributed by atoms with van der Waals surface area (Å²) in [6.45, 7) is 3.16. The molecule has 23 heavy (non-hydrogen) atoms. The number of amides is 1. The summed E-state index contributed by atoms with van der Waals surface area (Å²) in [5.41, 5.74) is 1.09. The second-order valence-corrected chi connectivity index (χ2v) is 5.39. The fourth-order valence-corrected chi connectivity index (χ4v) is 2.36. The first kappa shape index (κ1) is 15.1. The standard InChI is InChI=1S/C17H18N2O4/c1-11(19-17(21)13-4-6-16(20)18-10-13)12-3-5-14-15(9-12)23-8-2-7-22-14/h3-6,9-11H,2,7-8H2,1H3,(H,18,20)(H,19,21)/t11-/m0/s1. The van der Waals surface area contributed by atoms with E-state index in [-0.39, 0.29) is 17.5 Å². The molecule has 2 aromatic rings. The first-order valence-electron chi connectivity index (χ1n) is 7.52. The lowest BCUT2D eigenvalue weighted by Crippen LogP contribution is -2.27. The molecular weight excluding hydrogens is 296 g/mol. The van der Waals surface area contributed by atoms with Gasteiger partial charge in [-0.2, -0.15) is 0 Å². The summed E-state index contributed by atoms with van der Waals surface area (Å²) >= 11 is 0. The van der Waals surface area contributed by atoms with Crippen LogP contribution in [-0.4, -0.2) is 24.1 Å². The zero-order chi connectivity index (χ0) is 16.2. The number of ether oxygens (including phenoxy) is 2. The molecule has 0 bridgehead atoms. The SMILES string of the molecule is C[C@H](NC(=O)c1ccc(=O)[nH]c1)c1ccc2c(c1)OCCCO2. The van der Waals surface area contributed by atoms with Gasteiger partial charge in [0.25, 0.3) is 5.91 Å². The van der Waals surface area contributed by atoms with Crippen LogP contribution in [0.5, 0.6) is 11.5 Å². The zero-order valence-electron chi connectivity index (χ0n) is 12.8. The fourth-order valence-electron chi connectivity index (χ4n) is 2.36. The van der Waals surface area contributed by atoms with Gasteiger partial charge < -0.3 is 19.8 Å². The van der Waals surface area contributed by atoms with Gasteiger partial charge >= 0.3 is 0 Å². The maximum atomic E-state index is 12.2. The Morgan fingerprint density at radius 2 is 1.96 bits per heavy atom. The van der Waals surface area contributed by atoms with Crippen molar-refractivity contribution in [2.45, 2.75) is 19.4 Å².